The molecule has 0 radical (unpaired) electrons. The van der Waals surface area contributed by atoms with E-state index in [0.717, 1.165) is 0 Å². The Morgan fingerprint density at radius 3 is 2.29 bits per heavy atom. The second kappa shape index (κ2) is 4.93. The number of anilines is 1. The van der Waals surface area contributed by atoms with Crippen molar-refractivity contribution in [2.75, 3.05) is 4.90 Å². The molecule has 0 atom stereocenters. The molecule has 0 unspecified atom stereocenters. The first-order valence-corrected chi connectivity index (χ1v) is 6.01. The number of carbonyl (C=O) groups excluding carboxylic acids is 2. The van der Waals surface area contributed by atoms with E-state index in [9.17, 15) is 9.59 Å². The van der Waals surface area contributed by atoms with Crippen molar-refractivity contribution in [1.29, 1.82) is 0 Å². The maximum absolute atomic E-state index is 12.2. The fourth-order valence-electron chi connectivity index (χ4n) is 1.53. The zero-order valence-electron chi connectivity index (χ0n) is 9.29. The third kappa shape index (κ3) is 2.42. The van der Waals surface area contributed by atoms with E-state index in [1.165, 1.54) is 23.2 Å². The van der Waals surface area contributed by atoms with Crippen molar-refractivity contribution in [3.63, 3.8) is 0 Å². The highest BCUT2D eigenvalue weighted by atomic mass is 32.1. The molecule has 3 nitrogen and oxygen atoms in total. The first-order chi connectivity index (χ1) is 8.20. The lowest BCUT2D eigenvalue weighted by atomic mass is 10.2. The van der Waals surface area contributed by atoms with Gasteiger partial charge in [0.05, 0.1) is 10.6 Å². The van der Waals surface area contributed by atoms with Crippen LogP contribution in [0.2, 0.25) is 0 Å². The molecule has 0 N–H and O–H groups in total. The van der Waals surface area contributed by atoms with Crippen molar-refractivity contribution in [3.8, 4) is 0 Å². The second-order valence-electron chi connectivity index (χ2n) is 3.47. The van der Waals surface area contributed by atoms with Crippen LogP contribution in [0, 0.1) is 0 Å². The molecular formula is C13H11NO2S. The highest BCUT2D eigenvalue weighted by molar-refractivity contribution is 7.12. The summed E-state index contributed by atoms with van der Waals surface area (Å²) in [5.74, 6) is -0.562. The Kier molecular flexibility index (Phi) is 3.35. The van der Waals surface area contributed by atoms with Gasteiger partial charge in [-0.1, -0.05) is 24.3 Å². The normalized spacial score (nSPS) is 9.94. The molecule has 0 fully saturated rings. The van der Waals surface area contributed by atoms with Crippen LogP contribution in [-0.4, -0.2) is 11.8 Å². The maximum atomic E-state index is 12.2. The average molecular weight is 245 g/mol. The van der Waals surface area contributed by atoms with Crippen molar-refractivity contribution in [2.24, 2.45) is 0 Å². The molecule has 86 valence electrons. The summed E-state index contributed by atoms with van der Waals surface area (Å²) in [6.07, 6.45) is 0. The highest BCUT2D eigenvalue weighted by Crippen LogP contribution is 2.19. The first-order valence-electron chi connectivity index (χ1n) is 5.13. The van der Waals surface area contributed by atoms with Crippen molar-refractivity contribution in [3.05, 3.63) is 52.7 Å². The van der Waals surface area contributed by atoms with E-state index in [4.69, 9.17) is 0 Å². The van der Waals surface area contributed by atoms with Crippen LogP contribution in [0.1, 0.15) is 16.6 Å². The number of carbonyl (C=O) groups is 2. The summed E-state index contributed by atoms with van der Waals surface area (Å²) in [5.41, 5.74) is 0.596. The molecule has 0 bridgehead atoms. The lowest BCUT2D eigenvalue weighted by Crippen LogP contribution is -2.34. The summed E-state index contributed by atoms with van der Waals surface area (Å²) >= 11 is 1.33. The Bertz CT molecular complexity index is 520. The zero-order chi connectivity index (χ0) is 12.3. The van der Waals surface area contributed by atoms with Crippen molar-refractivity contribution >= 4 is 28.8 Å². The van der Waals surface area contributed by atoms with Gasteiger partial charge in [0.15, 0.2) is 0 Å². The fourth-order valence-corrected chi connectivity index (χ4v) is 2.18. The number of rotatable bonds is 2. The van der Waals surface area contributed by atoms with Crippen LogP contribution in [0.3, 0.4) is 0 Å². The van der Waals surface area contributed by atoms with Crippen LogP contribution in [0.25, 0.3) is 0 Å². The quantitative estimate of drug-likeness (QED) is 0.815. The predicted octanol–water partition coefficient (Wildman–Crippen LogP) is 2.94. The van der Waals surface area contributed by atoms with Gasteiger partial charge in [-0.2, -0.15) is 0 Å². The Labute approximate surface area is 103 Å². The number of benzene rings is 1. The molecule has 0 saturated heterocycles. The minimum Gasteiger partial charge on any atom is -0.274 e. The third-order valence-corrected chi connectivity index (χ3v) is 3.12. The standard InChI is InChI=1S/C13H11NO2S/c1-10(15)14(11-6-3-2-4-7-11)13(16)12-8-5-9-17-12/h2-9H,1H3. The van der Waals surface area contributed by atoms with E-state index in [-0.39, 0.29) is 11.8 Å². The topological polar surface area (TPSA) is 37.4 Å². The second-order valence-corrected chi connectivity index (χ2v) is 4.42. The monoisotopic (exact) mass is 245 g/mol. The SMILES string of the molecule is CC(=O)N(C(=O)c1cccs1)c1ccccc1. The van der Waals surface area contributed by atoms with Crippen LogP contribution >= 0.6 is 11.3 Å². The van der Waals surface area contributed by atoms with E-state index < -0.39 is 0 Å². The number of imide groups is 1. The van der Waals surface area contributed by atoms with Gasteiger partial charge in [-0.25, -0.2) is 4.90 Å². The molecule has 2 amide bonds. The van der Waals surface area contributed by atoms with Crippen LogP contribution in [0.5, 0.6) is 0 Å². The molecule has 2 rings (SSSR count). The molecule has 0 aliphatic carbocycles. The van der Waals surface area contributed by atoms with E-state index in [2.05, 4.69) is 0 Å². The fraction of sp³-hybridized carbons (Fsp3) is 0.0769. The number of amides is 2. The Morgan fingerprint density at radius 1 is 1.06 bits per heavy atom. The van der Waals surface area contributed by atoms with Crippen LogP contribution < -0.4 is 4.90 Å². The molecule has 0 spiro atoms. The number of nitrogens with zero attached hydrogens (tertiary/aromatic N) is 1. The molecular weight excluding hydrogens is 234 g/mol. The lowest BCUT2D eigenvalue weighted by molar-refractivity contribution is -0.115. The minimum absolute atomic E-state index is 0.279. The molecule has 1 aromatic heterocycles. The van der Waals surface area contributed by atoms with Crippen molar-refractivity contribution in [1.82, 2.24) is 0 Å². The van der Waals surface area contributed by atoms with Crippen molar-refractivity contribution in [2.45, 2.75) is 6.92 Å². The molecule has 1 aromatic carbocycles. The molecule has 4 heteroatoms. The first kappa shape index (κ1) is 11.5. The molecule has 17 heavy (non-hydrogen) atoms. The van der Waals surface area contributed by atoms with Crippen LogP contribution in [0.15, 0.2) is 47.8 Å². The van der Waals surface area contributed by atoms with E-state index in [1.807, 2.05) is 11.4 Å². The molecule has 0 aliphatic rings. The maximum Gasteiger partial charge on any atom is 0.275 e. The average Bonchev–Trinajstić information content (AvgIpc) is 2.83. The number of para-hydroxylation sites is 1. The zero-order valence-corrected chi connectivity index (χ0v) is 10.1. The summed E-state index contributed by atoms with van der Waals surface area (Å²) in [6.45, 7) is 1.39. The highest BCUT2D eigenvalue weighted by Gasteiger charge is 2.21. The lowest BCUT2D eigenvalue weighted by Gasteiger charge is -2.18. The van der Waals surface area contributed by atoms with Gasteiger partial charge in [-0.05, 0) is 23.6 Å². The van der Waals surface area contributed by atoms with Crippen LogP contribution in [-0.2, 0) is 4.79 Å². The minimum atomic E-state index is -0.283. The summed E-state index contributed by atoms with van der Waals surface area (Å²) in [7, 11) is 0. The van der Waals surface area contributed by atoms with Crippen molar-refractivity contribution < 1.29 is 9.59 Å². The molecule has 0 aliphatic heterocycles. The summed E-state index contributed by atoms with van der Waals surface area (Å²) in [4.78, 5) is 25.5. The van der Waals surface area contributed by atoms with Gasteiger partial charge in [-0.3, -0.25) is 9.59 Å². The molecule has 2 aromatic rings. The predicted molar refractivity (Wildman–Crippen MR) is 68.3 cm³/mol. The van der Waals surface area contributed by atoms with Gasteiger partial charge in [-0.15, -0.1) is 11.3 Å². The number of hydrogen-bond acceptors (Lipinski definition) is 3. The summed E-state index contributed by atoms with van der Waals surface area (Å²) in [6, 6.07) is 12.4. The van der Waals surface area contributed by atoms with E-state index >= 15 is 0 Å². The smallest absolute Gasteiger partial charge is 0.274 e. The molecule has 1 heterocycles. The van der Waals surface area contributed by atoms with Gasteiger partial charge in [0.25, 0.3) is 5.91 Å². The van der Waals surface area contributed by atoms with E-state index in [0.29, 0.717) is 10.6 Å². The Balaban J connectivity index is 2.37. The summed E-state index contributed by atoms with van der Waals surface area (Å²) < 4.78 is 0. The largest absolute Gasteiger partial charge is 0.275 e. The van der Waals surface area contributed by atoms with Gasteiger partial charge in [0, 0.05) is 6.92 Å². The van der Waals surface area contributed by atoms with Crippen LogP contribution in [0.4, 0.5) is 5.69 Å². The van der Waals surface area contributed by atoms with Gasteiger partial charge in [0.1, 0.15) is 0 Å². The Hall–Kier alpha value is -1.94. The van der Waals surface area contributed by atoms with Gasteiger partial charge >= 0.3 is 0 Å². The van der Waals surface area contributed by atoms with Gasteiger partial charge < -0.3 is 0 Å². The van der Waals surface area contributed by atoms with E-state index in [1.54, 1.807) is 36.4 Å². The third-order valence-electron chi connectivity index (χ3n) is 2.26. The Morgan fingerprint density at radius 2 is 1.76 bits per heavy atom. The van der Waals surface area contributed by atoms with Gasteiger partial charge in [0.2, 0.25) is 5.91 Å². The summed E-state index contributed by atoms with van der Waals surface area (Å²) in [5, 5.41) is 1.82. The number of hydrogen-bond donors (Lipinski definition) is 0. The number of thiophene rings is 1. The molecule has 0 saturated carbocycles.